The minimum atomic E-state index is -1.06. The van der Waals surface area contributed by atoms with Gasteiger partial charge in [-0.1, -0.05) is 24.3 Å². The van der Waals surface area contributed by atoms with Crippen LogP contribution in [0.2, 0.25) is 0 Å². The minimum absolute atomic E-state index is 0.697. The van der Waals surface area contributed by atoms with E-state index in [-0.39, 0.29) is 0 Å². The maximum absolute atomic E-state index is 10.3. The Labute approximate surface area is 145 Å². The maximum Gasteiger partial charge on any atom is 0.491 e. The van der Waals surface area contributed by atoms with Crippen molar-refractivity contribution in [3.63, 3.8) is 0 Å². The van der Waals surface area contributed by atoms with Crippen LogP contribution in [0.5, 0.6) is 0 Å². The first-order valence-corrected chi connectivity index (χ1v) is 8.66. The van der Waals surface area contributed by atoms with Crippen molar-refractivity contribution < 1.29 is 19.5 Å². The van der Waals surface area contributed by atoms with Gasteiger partial charge in [0.15, 0.2) is 0 Å². The standard InChI is InChI=1S/C18H30BNO4/c1-17(2,21)18(3,4)24-19(22)16-7-5-15(6-8-16)9-10-20-11-13-23-14-12-20/h5-8,21-22H,9-14H2,1-4H3. The first kappa shape index (κ1) is 19.4. The van der Waals surface area contributed by atoms with Crippen LogP contribution in [0.15, 0.2) is 24.3 Å². The van der Waals surface area contributed by atoms with E-state index in [1.807, 2.05) is 24.3 Å². The Balaban J connectivity index is 1.88. The first-order chi connectivity index (χ1) is 11.2. The predicted molar refractivity (Wildman–Crippen MR) is 96.5 cm³/mol. The summed E-state index contributed by atoms with van der Waals surface area (Å²) in [7, 11) is -1.06. The van der Waals surface area contributed by atoms with Crippen LogP contribution in [0, 0.1) is 0 Å². The van der Waals surface area contributed by atoms with Crippen molar-refractivity contribution in [1.82, 2.24) is 4.90 Å². The summed E-state index contributed by atoms with van der Waals surface area (Å²) >= 11 is 0. The minimum Gasteiger partial charge on any atom is -0.423 e. The van der Waals surface area contributed by atoms with E-state index in [0.29, 0.717) is 5.46 Å². The molecule has 1 fully saturated rings. The molecule has 0 spiro atoms. The molecule has 1 aromatic rings. The highest BCUT2D eigenvalue weighted by Crippen LogP contribution is 2.25. The highest BCUT2D eigenvalue weighted by molar-refractivity contribution is 6.60. The van der Waals surface area contributed by atoms with Crippen LogP contribution in [0.4, 0.5) is 0 Å². The van der Waals surface area contributed by atoms with E-state index < -0.39 is 18.3 Å². The summed E-state index contributed by atoms with van der Waals surface area (Å²) in [5, 5.41) is 20.4. The average molecular weight is 335 g/mol. The lowest BCUT2D eigenvalue weighted by atomic mass is 9.76. The van der Waals surface area contributed by atoms with Crippen molar-refractivity contribution in [3.8, 4) is 0 Å². The van der Waals surface area contributed by atoms with Gasteiger partial charge in [0.25, 0.3) is 0 Å². The lowest BCUT2D eigenvalue weighted by Crippen LogP contribution is -2.53. The molecule has 0 radical (unpaired) electrons. The van der Waals surface area contributed by atoms with Crippen LogP contribution in [0.1, 0.15) is 33.3 Å². The summed E-state index contributed by atoms with van der Waals surface area (Å²) in [6.07, 6.45) is 0.979. The van der Waals surface area contributed by atoms with E-state index in [2.05, 4.69) is 4.90 Å². The number of hydrogen-bond acceptors (Lipinski definition) is 5. The molecule has 1 heterocycles. The average Bonchev–Trinajstić information content (AvgIpc) is 2.53. The Morgan fingerprint density at radius 1 is 1.12 bits per heavy atom. The van der Waals surface area contributed by atoms with E-state index >= 15 is 0 Å². The molecular formula is C18H30BNO4. The van der Waals surface area contributed by atoms with Crippen LogP contribution >= 0.6 is 0 Å². The molecule has 0 amide bonds. The van der Waals surface area contributed by atoms with Gasteiger partial charge >= 0.3 is 7.12 Å². The topological polar surface area (TPSA) is 62.2 Å². The molecule has 0 saturated carbocycles. The molecule has 2 N–H and O–H groups in total. The molecule has 1 aromatic carbocycles. The molecule has 1 saturated heterocycles. The summed E-state index contributed by atoms with van der Waals surface area (Å²) in [6.45, 7) is 11.5. The van der Waals surface area contributed by atoms with Crippen LogP contribution in [-0.2, 0) is 15.8 Å². The van der Waals surface area contributed by atoms with Crippen LogP contribution in [0.25, 0.3) is 0 Å². The zero-order valence-electron chi connectivity index (χ0n) is 15.3. The fourth-order valence-electron chi connectivity index (χ4n) is 2.45. The van der Waals surface area contributed by atoms with Gasteiger partial charge in [-0.3, -0.25) is 4.90 Å². The number of rotatable bonds is 7. The normalized spacial score (nSPS) is 17.1. The van der Waals surface area contributed by atoms with Crippen molar-refractivity contribution in [1.29, 1.82) is 0 Å². The highest BCUT2D eigenvalue weighted by Gasteiger charge is 2.39. The van der Waals surface area contributed by atoms with Crippen LogP contribution in [-0.4, -0.2) is 66.2 Å². The molecule has 0 aromatic heterocycles. The van der Waals surface area contributed by atoms with Crippen molar-refractivity contribution in [2.75, 3.05) is 32.8 Å². The summed E-state index contributed by atoms with van der Waals surface area (Å²) in [5.74, 6) is 0. The van der Waals surface area contributed by atoms with Gasteiger partial charge in [-0.05, 0) is 45.1 Å². The number of ether oxygens (including phenoxy) is 1. The predicted octanol–water partition coefficient (Wildman–Crippen LogP) is 0.815. The third-order valence-corrected chi connectivity index (χ3v) is 4.96. The lowest BCUT2D eigenvalue weighted by molar-refractivity contribution is -0.0982. The van der Waals surface area contributed by atoms with Gasteiger partial charge in [0, 0.05) is 19.6 Å². The van der Waals surface area contributed by atoms with Gasteiger partial charge < -0.3 is 19.5 Å². The Kier molecular flexibility index (Phi) is 6.45. The zero-order valence-corrected chi connectivity index (χ0v) is 15.3. The van der Waals surface area contributed by atoms with Crippen molar-refractivity contribution in [3.05, 3.63) is 29.8 Å². The van der Waals surface area contributed by atoms with E-state index in [0.717, 1.165) is 39.3 Å². The number of nitrogens with zero attached hydrogens (tertiary/aromatic N) is 1. The molecule has 0 aliphatic carbocycles. The van der Waals surface area contributed by atoms with Gasteiger partial charge in [0.05, 0.1) is 24.4 Å². The molecule has 2 rings (SSSR count). The van der Waals surface area contributed by atoms with Gasteiger partial charge in [-0.2, -0.15) is 0 Å². The molecule has 0 atom stereocenters. The molecule has 0 bridgehead atoms. The van der Waals surface area contributed by atoms with Crippen molar-refractivity contribution in [2.45, 2.75) is 45.3 Å². The highest BCUT2D eigenvalue weighted by atomic mass is 16.5. The molecule has 24 heavy (non-hydrogen) atoms. The Morgan fingerprint density at radius 3 is 2.25 bits per heavy atom. The van der Waals surface area contributed by atoms with Crippen molar-refractivity contribution in [2.24, 2.45) is 0 Å². The summed E-state index contributed by atoms with van der Waals surface area (Å²) in [5.41, 5.74) is 0.0228. The second-order valence-electron chi connectivity index (χ2n) is 7.49. The van der Waals surface area contributed by atoms with Gasteiger partial charge in [-0.15, -0.1) is 0 Å². The maximum atomic E-state index is 10.3. The fraction of sp³-hybridized carbons (Fsp3) is 0.667. The molecule has 6 heteroatoms. The quantitative estimate of drug-likeness (QED) is 0.723. The number of aliphatic hydroxyl groups is 1. The van der Waals surface area contributed by atoms with E-state index in [9.17, 15) is 10.1 Å². The Bertz CT molecular complexity index is 507. The molecule has 134 valence electrons. The number of morpholine rings is 1. The van der Waals surface area contributed by atoms with Gasteiger partial charge in [-0.25, -0.2) is 0 Å². The fourth-order valence-corrected chi connectivity index (χ4v) is 2.45. The molecule has 0 unspecified atom stereocenters. The first-order valence-electron chi connectivity index (χ1n) is 8.66. The van der Waals surface area contributed by atoms with Crippen molar-refractivity contribution >= 4 is 12.6 Å². The summed E-state index contributed by atoms with van der Waals surface area (Å²) < 4.78 is 11.0. The van der Waals surface area contributed by atoms with Gasteiger partial charge in [0.2, 0.25) is 0 Å². The third-order valence-electron chi connectivity index (χ3n) is 4.96. The molecule has 1 aliphatic heterocycles. The van der Waals surface area contributed by atoms with Crippen LogP contribution < -0.4 is 5.46 Å². The second-order valence-corrected chi connectivity index (χ2v) is 7.49. The smallest absolute Gasteiger partial charge is 0.423 e. The third kappa shape index (κ3) is 5.29. The molecule has 5 nitrogen and oxygen atoms in total. The lowest BCUT2D eigenvalue weighted by Gasteiger charge is -2.38. The number of hydrogen-bond donors (Lipinski definition) is 2. The SMILES string of the molecule is CC(C)(O)C(C)(C)OB(O)c1ccc(CCN2CCOCC2)cc1. The zero-order chi connectivity index (χ0) is 17.8. The Morgan fingerprint density at radius 2 is 1.71 bits per heavy atom. The van der Waals surface area contributed by atoms with E-state index in [4.69, 9.17) is 9.39 Å². The van der Waals surface area contributed by atoms with Gasteiger partial charge in [0.1, 0.15) is 0 Å². The number of benzene rings is 1. The largest absolute Gasteiger partial charge is 0.491 e. The molecular weight excluding hydrogens is 305 g/mol. The Hall–Kier alpha value is -0.915. The monoisotopic (exact) mass is 335 g/mol. The van der Waals surface area contributed by atoms with Crippen LogP contribution in [0.3, 0.4) is 0 Å². The second kappa shape index (κ2) is 7.98. The molecule has 1 aliphatic rings. The van der Waals surface area contributed by atoms with E-state index in [1.54, 1.807) is 27.7 Å². The van der Waals surface area contributed by atoms with E-state index in [1.165, 1.54) is 5.56 Å². The summed E-state index contributed by atoms with van der Waals surface area (Å²) in [4.78, 5) is 2.40. The summed E-state index contributed by atoms with van der Waals surface area (Å²) in [6, 6.07) is 7.83.